The molecule has 2 rings (SSSR count). The molecule has 0 unspecified atom stereocenters. The fraction of sp³-hybridized carbons (Fsp3) is 0.400. The van der Waals surface area contributed by atoms with Gasteiger partial charge >= 0.3 is 0 Å². The average Bonchev–Trinajstić information content (AvgIpc) is 2.39. The van der Waals surface area contributed by atoms with Gasteiger partial charge in [0, 0.05) is 30.8 Å². The second-order valence-corrected chi connectivity index (χ2v) is 6.61. The van der Waals surface area contributed by atoms with Crippen molar-refractivity contribution < 1.29 is 8.42 Å². The zero-order valence-corrected chi connectivity index (χ0v) is 10.7. The van der Waals surface area contributed by atoms with Crippen LogP contribution in [-0.4, -0.2) is 42.3 Å². The van der Waals surface area contributed by atoms with E-state index in [1.807, 2.05) is 6.07 Å². The number of pyridine rings is 1. The van der Waals surface area contributed by atoms with Gasteiger partial charge in [0.25, 0.3) is 0 Å². The van der Waals surface area contributed by atoms with E-state index in [0.717, 1.165) is 11.5 Å². The summed E-state index contributed by atoms with van der Waals surface area (Å²) >= 11 is 1.73. The van der Waals surface area contributed by atoms with Crippen LogP contribution in [0.3, 0.4) is 0 Å². The molecule has 0 radical (unpaired) electrons. The summed E-state index contributed by atoms with van der Waals surface area (Å²) < 4.78 is 26.0. The van der Waals surface area contributed by atoms with Gasteiger partial charge in [0.2, 0.25) is 10.0 Å². The first-order valence-electron chi connectivity index (χ1n) is 5.09. The number of nitrogens with zero attached hydrogens (tertiary/aromatic N) is 3. The maximum atomic E-state index is 12.3. The van der Waals surface area contributed by atoms with Crippen LogP contribution in [-0.2, 0) is 10.0 Å². The average molecular weight is 269 g/mol. The van der Waals surface area contributed by atoms with Crippen molar-refractivity contribution in [3.63, 3.8) is 0 Å². The summed E-state index contributed by atoms with van der Waals surface area (Å²) in [5.74, 6) is 1.59. The summed E-state index contributed by atoms with van der Waals surface area (Å²) in [5, 5.41) is 8.88. The Kier molecular flexibility index (Phi) is 3.66. The normalized spacial score (nSPS) is 17.6. The standard InChI is InChI=1S/C10H11N3O2S2/c11-8-9-10(2-1-3-12-9)17(14,15)13-4-6-16-7-5-13/h1-3H,4-7H2. The summed E-state index contributed by atoms with van der Waals surface area (Å²) in [7, 11) is -3.57. The molecule has 7 heteroatoms. The lowest BCUT2D eigenvalue weighted by molar-refractivity contribution is 0.443. The molecular weight excluding hydrogens is 258 g/mol. The predicted molar refractivity (Wildman–Crippen MR) is 65.0 cm³/mol. The van der Waals surface area contributed by atoms with Crippen molar-refractivity contribution in [3.05, 3.63) is 24.0 Å². The monoisotopic (exact) mass is 269 g/mol. The topological polar surface area (TPSA) is 74.1 Å². The second kappa shape index (κ2) is 5.04. The van der Waals surface area contributed by atoms with Crippen LogP contribution in [0.15, 0.2) is 23.2 Å². The van der Waals surface area contributed by atoms with E-state index in [1.54, 1.807) is 11.8 Å². The summed E-state index contributed by atoms with van der Waals surface area (Å²) in [6.07, 6.45) is 1.42. The molecule has 90 valence electrons. The van der Waals surface area contributed by atoms with Gasteiger partial charge in [-0.15, -0.1) is 0 Å². The van der Waals surface area contributed by atoms with Crippen molar-refractivity contribution in [1.82, 2.24) is 9.29 Å². The number of hydrogen-bond acceptors (Lipinski definition) is 5. The number of hydrogen-bond donors (Lipinski definition) is 0. The highest BCUT2D eigenvalue weighted by atomic mass is 32.2. The molecule has 1 fully saturated rings. The molecule has 0 aliphatic carbocycles. The van der Waals surface area contributed by atoms with Crippen LogP contribution in [0.2, 0.25) is 0 Å². The molecule has 0 spiro atoms. The molecule has 0 saturated carbocycles. The molecule has 1 saturated heterocycles. The van der Waals surface area contributed by atoms with Crippen LogP contribution in [0.5, 0.6) is 0 Å². The van der Waals surface area contributed by atoms with Gasteiger partial charge in [-0.25, -0.2) is 13.4 Å². The largest absolute Gasteiger partial charge is 0.246 e. The van der Waals surface area contributed by atoms with Crippen LogP contribution in [0.25, 0.3) is 0 Å². The third kappa shape index (κ3) is 2.44. The van der Waals surface area contributed by atoms with E-state index < -0.39 is 10.0 Å². The minimum Gasteiger partial charge on any atom is -0.244 e. The van der Waals surface area contributed by atoms with E-state index >= 15 is 0 Å². The Morgan fingerprint density at radius 2 is 2.12 bits per heavy atom. The molecule has 0 atom stereocenters. The zero-order chi connectivity index (χ0) is 12.3. The summed E-state index contributed by atoms with van der Waals surface area (Å²) in [5.41, 5.74) is -0.0364. The number of sulfonamides is 1. The molecular formula is C10H11N3O2S2. The molecule has 1 aliphatic heterocycles. The Bertz CT molecular complexity index is 545. The van der Waals surface area contributed by atoms with Crippen LogP contribution < -0.4 is 0 Å². The summed E-state index contributed by atoms with van der Waals surface area (Å²) in [6, 6.07) is 4.79. The van der Waals surface area contributed by atoms with Gasteiger partial charge in [-0.1, -0.05) is 0 Å². The summed E-state index contributed by atoms with van der Waals surface area (Å²) in [6.45, 7) is 0.986. The van der Waals surface area contributed by atoms with Crippen molar-refractivity contribution >= 4 is 21.8 Å². The minimum absolute atomic E-state index is 0.00870. The lowest BCUT2D eigenvalue weighted by atomic mass is 10.4. The van der Waals surface area contributed by atoms with E-state index in [-0.39, 0.29) is 10.6 Å². The lowest BCUT2D eigenvalue weighted by Crippen LogP contribution is -2.38. The predicted octanol–water partition coefficient (Wildman–Crippen LogP) is 0.691. The minimum atomic E-state index is -3.57. The Morgan fingerprint density at radius 1 is 1.41 bits per heavy atom. The Labute approximate surface area is 105 Å². The molecule has 5 nitrogen and oxygen atoms in total. The third-order valence-electron chi connectivity index (χ3n) is 2.46. The molecule has 0 aromatic carbocycles. The fourth-order valence-electron chi connectivity index (χ4n) is 1.61. The Morgan fingerprint density at radius 3 is 2.76 bits per heavy atom. The van der Waals surface area contributed by atoms with E-state index in [2.05, 4.69) is 4.98 Å². The SMILES string of the molecule is N#Cc1ncccc1S(=O)(=O)N1CCSCC1. The van der Waals surface area contributed by atoms with Gasteiger partial charge in [-0.3, -0.25) is 0 Å². The van der Waals surface area contributed by atoms with E-state index in [1.165, 1.54) is 22.6 Å². The van der Waals surface area contributed by atoms with E-state index in [9.17, 15) is 8.42 Å². The maximum absolute atomic E-state index is 12.3. The Hall–Kier alpha value is -1.10. The highest BCUT2D eigenvalue weighted by Gasteiger charge is 2.28. The van der Waals surface area contributed by atoms with Gasteiger partial charge in [0.05, 0.1) is 0 Å². The van der Waals surface area contributed by atoms with Crippen LogP contribution in [0, 0.1) is 11.3 Å². The van der Waals surface area contributed by atoms with E-state index in [0.29, 0.717) is 13.1 Å². The van der Waals surface area contributed by atoms with Crippen LogP contribution in [0.1, 0.15) is 5.69 Å². The quantitative estimate of drug-likeness (QED) is 0.789. The number of thioether (sulfide) groups is 1. The first-order chi connectivity index (χ1) is 8.16. The van der Waals surface area contributed by atoms with Gasteiger partial charge in [0.1, 0.15) is 11.0 Å². The van der Waals surface area contributed by atoms with Crippen molar-refractivity contribution in [2.75, 3.05) is 24.6 Å². The smallest absolute Gasteiger partial charge is 0.244 e. The number of aromatic nitrogens is 1. The third-order valence-corrected chi connectivity index (χ3v) is 5.34. The molecule has 0 N–H and O–H groups in total. The fourth-order valence-corrected chi connectivity index (χ4v) is 4.28. The maximum Gasteiger partial charge on any atom is 0.246 e. The lowest BCUT2D eigenvalue weighted by Gasteiger charge is -2.25. The first kappa shape index (κ1) is 12.4. The molecule has 1 aromatic heterocycles. The molecule has 0 bridgehead atoms. The van der Waals surface area contributed by atoms with Gasteiger partial charge in [-0.2, -0.15) is 21.3 Å². The number of rotatable bonds is 2. The zero-order valence-electron chi connectivity index (χ0n) is 9.04. The highest BCUT2D eigenvalue weighted by Crippen LogP contribution is 2.21. The van der Waals surface area contributed by atoms with Crippen LogP contribution in [0.4, 0.5) is 0 Å². The van der Waals surface area contributed by atoms with Gasteiger partial charge < -0.3 is 0 Å². The Balaban J connectivity index is 2.41. The van der Waals surface area contributed by atoms with Crippen molar-refractivity contribution in [3.8, 4) is 6.07 Å². The summed E-state index contributed by atoms with van der Waals surface area (Å²) in [4.78, 5) is 3.79. The second-order valence-electron chi connectivity index (χ2n) is 3.48. The molecule has 2 heterocycles. The van der Waals surface area contributed by atoms with Crippen molar-refractivity contribution in [1.29, 1.82) is 5.26 Å². The van der Waals surface area contributed by atoms with Gasteiger partial charge in [-0.05, 0) is 12.1 Å². The first-order valence-corrected chi connectivity index (χ1v) is 7.69. The van der Waals surface area contributed by atoms with Gasteiger partial charge in [0.15, 0.2) is 5.69 Å². The van der Waals surface area contributed by atoms with Crippen molar-refractivity contribution in [2.24, 2.45) is 0 Å². The highest BCUT2D eigenvalue weighted by molar-refractivity contribution is 7.99. The molecule has 1 aliphatic rings. The van der Waals surface area contributed by atoms with Crippen LogP contribution >= 0.6 is 11.8 Å². The van der Waals surface area contributed by atoms with E-state index in [4.69, 9.17) is 5.26 Å². The molecule has 17 heavy (non-hydrogen) atoms. The number of nitriles is 1. The molecule has 1 aromatic rings. The molecule has 0 amide bonds. The van der Waals surface area contributed by atoms with Crippen molar-refractivity contribution in [2.45, 2.75) is 4.90 Å².